The number of anilines is 1. The maximum atomic E-state index is 13.5. The van der Waals surface area contributed by atoms with E-state index in [9.17, 15) is 9.59 Å². The van der Waals surface area contributed by atoms with Crippen LogP contribution < -0.4 is 10.5 Å². The van der Waals surface area contributed by atoms with E-state index in [1.54, 1.807) is 21.6 Å². The van der Waals surface area contributed by atoms with Gasteiger partial charge in [0.05, 0.1) is 10.5 Å². The molecule has 2 aliphatic rings. The molecule has 0 bridgehead atoms. The van der Waals surface area contributed by atoms with E-state index in [4.69, 9.17) is 17.2 Å². The first kappa shape index (κ1) is 22.0. The van der Waals surface area contributed by atoms with E-state index in [1.165, 1.54) is 11.8 Å². The SMILES string of the molecule is CCCN1C(=O)C(=Cc2c(N3CCN(CC)CC3)nc3c(C)cccn3c2=O)SC1=S. The minimum atomic E-state index is -0.164. The molecular formula is C22H27N5O2S2. The fourth-order valence-electron chi connectivity index (χ4n) is 3.99. The molecule has 1 amide bonds. The van der Waals surface area contributed by atoms with Crippen LogP contribution in [0.1, 0.15) is 31.4 Å². The second kappa shape index (κ2) is 9.10. The Kier molecular flexibility index (Phi) is 6.45. The molecule has 2 aliphatic heterocycles. The number of aryl methyl sites for hydroxylation is 1. The van der Waals surface area contributed by atoms with Crippen molar-refractivity contribution < 1.29 is 4.79 Å². The topological polar surface area (TPSA) is 61.2 Å². The standard InChI is InChI=1S/C22H27N5O2S2/c1-4-8-27-21(29)17(31-22(27)30)14-16-19(25-12-10-24(5-2)11-13-25)23-18-15(3)7-6-9-26(18)20(16)28/h6-7,9,14H,4-5,8,10-13H2,1-3H3. The van der Waals surface area contributed by atoms with E-state index >= 15 is 0 Å². The Labute approximate surface area is 191 Å². The highest BCUT2D eigenvalue weighted by Crippen LogP contribution is 2.33. The Morgan fingerprint density at radius 3 is 2.61 bits per heavy atom. The summed E-state index contributed by atoms with van der Waals surface area (Å²) in [5.74, 6) is 0.517. The first-order chi connectivity index (χ1) is 14.9. The van der Waals surface area contributed by atoms with Crippen molar-refractivity contribution in [3.05, 3.63) is 44.7 Å². The number of hydrogen-bond donors (Lipinski definition) is 0. The van der Waals surface area contributed by atoms with Crippen LogP contribution in [0.4, 0.5) is 5.82 Å². The van der Waals surface area contributed by atoms with Gasteiger partial charge in [0.25, 0.3) is 11.5 Å². The molecule has 0 unspecified atom stereocenters. The van der Waals surface area contributed by atoms with Gasteiger partial charge >= 0.3 is 0 Å². The maximum Gasteiger partial charge on any atom is 0.267 e. The highest BCUT2D eigenvalue weighted by molar-refractivity contribution is 8.26. The Balaban J connectivity index is 1.84. The summed E-state index contributed by atoms with van der Waals surface area (Å²) < 4.78 is 2.11. The summed E-state index contributed by atoms with van der Waals surface area (Å²) in [6.07, 6.45) is 4.25. The van der Waals surface area contributed by atoms with Crippen LogP contribution in [0.3, 0.4) is 0 Å². The first-order valence-corrected chi connectivity index (χ1v) is 11.9. The number of rotatable bonds is 5. The monoisotopic (exact) mass is 457 g/mol. The molecule has 2 saturated heterocycles. The highest BCUT2D eigenvalue weighted by Gasteiger charge is 2.32. The highest BCUT2D eigenvalue weighted by atomic mass is 32.2. The van der Waals surface area contributed by atoms with Crippen molar-refractivity contribution in [2.75, 3.05) is 44.2 Å². The van der Waals surface area contributed by atoms with Crippen LogP contribution in [-0.4, -0.2) is 68.7 Å². The smallest absolute Gasteiger partial charge is 0.267 e. The van der Waals surface area contributed by atoms with Gasteiger partial charge < -0.3 is 9.80 Å². The number of fused-ring (bicyclic) bond motifs is 1. The molecule has 0 radical (unpaired) electrons. The fraction of sp³-hybridized carbons (Fsp3) is 0.455. The zero-order valence-electron chi connectivity index (χ0n) is 18.1. The van der Waals surface area contributed by atoms with E-state index in [2.05, 4.69) is 16.7 Å². The van der Waals surface area contributed by atoms with Gasteiger partial charge in [-0.25, -0.2) is 4.98 Å². The number of pyridine rings is 1. The Morgan fingerprint density at radius 1 is 1.19 bits per heavy atom. The summed E-state index contributed by atoms with van der Waals surface area (Å²) in [4.78, 5) is 38.0. The van der Waals surface area contributed by atoms with Gasteiger partial charge in [0.2, 0.25) is 0 Å². The Hall–Kier alpha value is -2.23. The molecule has 4 heterocycles. The van der Waals surface area contributed by atoms with E-state index in [0.29, 0.717) is 32.8 Å². The fourth-order valence-corrected chi connectivity index (χ4v) is 5.28. The van der Waals surface area contributed by atoms with Crippen molar-refractivity contribution in [1.82, 2.24) is 19.2 Å². The normalized spacial score (nSPS) is 19.3. The third kappa shape index (κ3) is 4.14. The minimum Gasteiger partial charge on any atom is -0.353 e. The number of amides is 1. The molecule has 164 valence electrons. The van der Waals surface area contributed by atoms with Crippen molar-refractivity contribution in [3.8, 4) is 0 Å². The number of aromatic nitrogens is 2. The largest absolute Gasteiger partial charge is 0.353 e. The van der Waals surface area contributed by atoms with Crippen molar-refractivity contribution >= 4 is 51.7 Å². The third-order valence-corrected chi connectivity index (χ3v) is 7.16. The summed E-state index contributed by atoms with van der Waals surface area (Å²) in [6, 6.07) is 3.80. The molecule has 7 nitrogen and oxygen atoms in total. The van der Waals surface area contributed by atoms with Crippen molar-refractivity contribution in [1.29, 1.82) is 0 Å². The predicted molar refractivity (Wildman–Crippen MR) is 131 cm³/mol. The second-order valence-corrected chi connectivity index (χ2v) is 9.47. The van der Waals surface area contributed by atoms with E-state index in [1.807, 2.05) is 26.0 Å². The van der Waals surface area contributed by atoms with Gasteiger partial charge in [-0.2, -0.15) is 0 Å². The van der Waals surface area contributed by atoms with Gasteiger partial charge in [-0.3, -0.25) is 18.9 Å². The molecular weight excluding hydrogens is 430 g/mol. The quantitative estimate of drug-likeness (QED) is 0.505. The van der Waals surface area contributed by atoms with Crippen molar-refractivity contribution in [3.63, 3.8) is 0 Å². The molecule has 9 heteroatoms. The predicted octanol–water partition coefficient (Wildman–Crippen LogP) is 2.76. The first-order valence-electron chi connectivity index (χ1n) is 10.7. The molecule has 0 spiro atoms. The van der Waals surface area contributed by atoms with Crippen LogP contribution in [0.2, 0.25) is 0 Å². The van der Waals surface area contributed by atoms with E-state index in [-0.39, 0.29) is 11.5 Å². The average molecular weight is 458 g/mol. The molecule has 0 aliphatic carbocycles. The van der Waals surface area contributed by atoms with Crippen LogP contribution in [-0.2, 0) is 4.79 Å². The maximum absolute atomic E-state index is 13.5. The van der Waals surface area contributed by atoms with Gasteiger partial charge in [-0.1, -0.05) is 43.9 Å². The van der Waals surface area contributed by atoms with Crippen LogP contribution in [0.25, 0.3) is 11.7 Å². The summed E-state index contributed by atoms with van der Waals surface area (Å²) in [7, 11) is 0. The molecule has 0 atom stereocenters. The summed E-state index contributed by atoms with van der Waals surface area (Å²) in [6.45, 7) is 11.1. The number of hydrogen-bond acceptors (Lipinski definition) is 7. The molecule has 2 aromatic rings. The number of carbonyl (C=O) groups excluding carboxylic acids is 1. The Bertz CT molecular complexity index is 1120. The molecule has 2 aromatic heterocycles. The lowest BCUT2D eigenvalue weighted by atomic mass is 10.2. The molecule has 0 N–H and O–H groups in total. The summed E-state index contributed by atoms with van der Waals surface area (Å²) in [5.41, 5.74) is 1.87. The average Bonchev–Trinajstić information content (AvgIpc) is 3.04. The van der Waals surface area contributed by atoms with Crippen LogP contribution in [0.15, 0.2) is 28.0 Å². The van der Waals surface area contributed by atoms with E-state index in [0.717, 1.165) is 44.7 Å². The lowest BCUT2D eigenvalue weighted by Crippen LogP contribution is -2.47. The van der Waals surface area contributed by atoms with Crippen LogP contribution in [0, 0.1) is 6.92 Å². The van der Waals surface area contributed by atoms with Gasteiger partial charge in [-0.15, -0.1) is 0 Å². The summed E-state index contributed by atoms with van der Waals surface area (Å²) in [5, 5.41) is 0. The third-order valence-electron chi connectivity index (χ3n) is 5.78. The van der Waals surface area contributed by atoms with Crippen molar-refractivity contribution in [2.24, 2.45) is 0 Å². The number of nitrogens with zero attached hydrogens (tertiary/aromatic N) is 5. The lowest BCUT2D eigenvalue weighted by molar-refractivity contribution is -0.122. The zero-order valence-corrected chi connectivity index (χ0v) is 19.8. The molecule has 4 rings (SSSR count). The molecule has 2 fully saturated rings. The number of thioether (sulfide) groups is 1. The number of likely N-dealkylation sites (N-methyl/N-ethyl adjacent to an activating group) is 1. The van der Waals surface area contributed by atoms with Gasteiger partial charge in [0.15, 0.2) is 0 Å². The Morgan fingerprint density at radius 2 is 1.94 bits per heavy atom. The van der Waals surface area contributed by atoms with Gasteiger partial charge in [-0.05, 0) is 37.6 Å². The zero-order chi connectivity index (χ0) is 22.1. The molecule has 0 saturated carbocycles. The number of piperazine rings is 1. The molecule has 31 heavy (non-hydrogen) atoms. The summed E-state index contributed by atoms with van der Waals surface area (Å²) >= 11 is 6.66. The van der Waals surface area contributed by atoms with Gasteiger partial charge in [0.1, 0.15) is 15.8 Å². The minimum absolute atomic E-state index is 0.132. The van der Waals surface area contributed by atoms with Crippen molar-refractivity contribution in [2.45, 2.75) is 27.2 Å². The van der Waals surface area contributed by atoms with Crippen LogP contribution in [0.5, 0.6) is 0 Å². The van der Waals surface area contributed by atoms with E-state index < -0.39 is 0 Å². The molecule has 0 aromatic carbocycles. The second-order valence-electron chi connectivity index (χ2n) is 7.79. The lowest BCUT2D eigenvalue weighted by Gasteiger charge is -2.35. The van der Waals surface area contributed by atoms with Gasteiger partial charge in [0, 0.05) is 38.9 Å². The van der Waals surface area contributed by atoms with Crippen LogP contribution >= 0.6 is 24.0 Å². The number of carbonyl (C=O) groups is 1. The number of thiocarbonyl (C=S) groups is 1.